The summed E-state index contributed by atoms with van der Waals surface area (Å²) >= 11 is 0. The second kappa shape index (κ2) is 7.00. The normalized spacial score (nSPS) is 22.2. The van der Waals surface area contributed by atoms with E-state index in [1.54, 1.807) is 0 Å². The third-order valence-corrected chi connectivity index (χ3v) is 3.66. The van der Waals surface area contributed by atoms with Gasteiger partial charge in [-0.1, -0.05) is 12.1 Å². The number of hydrogen-bond donors (Lipinski definition) is 2. The molecule has 3 N–H and O–H groups in total. The number of alkyl halides is 3. The topological polar surface area (TPSA) is 64.3 Å². The van der Waals surface area contributed by atoms with E-state index < -0.39 is 6.36 Å². The van der Waals surface area contributed by atoms with Crippen molar-refractivity contribution in [2.45, 2.75) is 50.6 Å². The fourth-order valence-corrected chi connectivity index (χ4v) is 2.54. The molecule has 7 heteroatoms. The zero-order valence-corrected chi connectivity index (χ0v) is 12.0. The minimum absolute atomic E-state index is 0.134. The Balaban J connectivity index is 1.81. The molecule has 1 aromatic rings. The average molecular weight is 316 g/mol. The predicted molar refractivity (Wildman–Crippen MR) is 75.2 cm³/mol. The molecule has 1 fully saturated rings. The highest BCUT2D eigenvalue weighted by Crippen LogP contribution is 2.23. The van der Waals surface area contributed by atoms with Gasteiger partial charge in [-0.15, -0.1) is 13.2 Å². The molecule has 1 amide bonds. The first kappa shape index (κ1) is 16.6. The number of carbonyl (C=O) groups is 1. The van der Waals surface area contributed by atoms with Gasteiger partial charge in [0.05, 0.1) is 6.42 Å². The summed E-state index contributed by atoms with van der Waals surface area (Å²) < 4.78 is 39.9. The Morgan fingerprint density at radius 1 is 1.18 bits per heavy atom. The van der Waals surface area contributed by atoms with Crippen molar-refractivity contribution in [1.29, 1.82) is 0 Å². The number of amides is 1. The molecule has 0 bridgehead atoms. The number of benzene rings is 1. The molecule has 1 aromatic carbocycles. The molecule has 0 spiro atoms. The van der Waals surface area contributed by atoms with Crippen LogP contribution in [0.1, 0.15) is 31.2 Å². The van der Waals surface area contributed by atoms with Crippen LogP contribution in [0.4, 0.5) is 13.2 Å². The van der Waals surface area contributed by atoms with Crippen LogP contribution in [0.25, 0.3) is 0 Å². The summed E-state index contributed by atoms with van der Waals surface area (Å²) in [5.41, 5.74) is 6.44. The van der Waals surface area contributed by atoms with Gasteiger partial charge in [0.2, 0.25) is 5.91 Å². The molecule has 0 aliphatic heterocycles. The fourth-order valence-electron chi connectivity index (χ4n) is 2.54. The SMILES string of the molecule is NC1CCC(NC(=O)Cc2ccc(OC(F)(F)F)cc2)CC1. The van der Waals surface area contributed by atoms with Crippen LogP contribution in [0.5, 0.6) is 5.75 Å². The number of carbonyl (C=O) groups excluding carboxylic acids is 1. The zero-order valence-electron chi connectivity index (χ0n) is 12.0. The Morgan fingerprint density at radius 2 is 1.77 bits per heavy atom. The van der Waals surface area contributed by atoms with Crippen LogP contribution in [0.15, 0.2) is 24.3 Å². The van der Waals surface area contributed by atoms with E-state index in [2.05, 4.69) is 10.1 Å². The van der Waals surface area contributed by atoms with Crippen molar-refractivity contribution < 1.29 is 22.7 Å². The maximum Gasteiger partial charge on any atom is 0.573 e. The van der Waals surface area contributed by atoms with Crippen LogP contribution < -0.4 is 15.8 Å². The van der Waals surface area contributed by atoms with Crippen molar-refractivity contribution in [3.8, 4) is 5.75 Å². The Hall–Kier alpha value is -1.76. The summed E-state index contributed by atoms with van der Waals surface area (Å²) in [6.07, 6.45) is -1.05. The first-order valence-electron chi connectivity index (χ1n) is 7.21. The summed E-state index contributed by atoms with van der Waals surface area (Å²) in [4.78, 5) is 11.9. The number of nitrogens with one attached hydrogen (secondary N) is 1. The molecule has 0 aromatic heterocycles. The molecule has 1 saturated carbocycles. The lowest BCUT2D eigenvalue weighted by atomic mass is 9.91. The second-order valence-corrected chi connectivity index (χ2v) is 5.55. The molecule has 0 heterocycles. The Kier molecular flexibility index (Phi) is 5.28. The number of ether oxygens (including phenoxy) is 1. The first-order chi connectivity index (χ1) is 10.3. The molecule has 122 valence electrons. The highest BCUT2D eigenvalue weighted by atomic mass is 19.4. The molecule has 0 radical (unpaired) electrons. The van der Waals surface area contributed by atoms with Crippen LogP contribution in [0.2, 0.25) is 0 Å². The van der Waals surface area contributed by atoms with Crippen molar-refractivity contribution >= 4 is 5.91 Å². The third-order valence-electron chi connectivity index (χ3n) is 3.66. The summed E-state index contributed by atoms with van der Waals surface area (Å²) in [6.45, 7) is 0. The van der Waals surface area contributed by atoms with Crippen LogP contribution in [-0.2, 0) is 11.2 Å². The van der Waals surface area contributed by atoms with Crippen molar-refractivity contribution in [2.24, 2.45) is 5.73 Å². The molecular formula is C15H19F3N2O2. The average Bonchev–Trinajstić information content (AvgIpc) is 2.42. The Bertz CT molecular complexity index is 495. The lowest BCUT2D eigenvalue weighted by Gasteiger charge is -2.26. The van der Waals surface area contributed by atoms with E-state index in [1.165, 1.54) is 24.3 Å². The highest BCUT2D eigenvalue weighted by molar-refractivity contribution is 5.78. The second-order valence-electron chi connectivity index (χ2n) is 5.55. The molecule has 0 atom stereocenters. The van der Waals surface area contributed by atoms with Crippen LogP contribution in [0.3, 0.4) is 0 Å². The van der Waals surface area contributed by atoms with E-state index in [4.69, 9.17) is 5.73 Å². The third kappa shape index (κ3) is 5.55. The van der Waals surface area contributed by atoms with Crippen LogP contribution in [-0.4, -0.2) is 24.4 Å². The van der Waals surface area contributed by atoms with Gasteiger partial charge in [-0.3, -0.25) is 4.79 Å². The quantitative estimate of drug-likeness (QED) is 0.897. The van der Waals surface area contributed by atoms with Gasteiger partial charge in [0.15, 0.2) is 0 Å². The minimum atomic E-state index is -4.71. The van der Waals surface area contributed by atoms with Gasteiger partial charge in [0.25, 0.3) is 0 Å². The van der Waals surface area contributed by atoms with Gasteiger partial charge in [-0.05, 0) is 43.4 Å². The largest absolute Gasteiger partial charge is 0.573 e. The number of nitrogens with two attached hydrogens (primary N) is 1. The van der Waals surface area contributed by atoms with Crippen LogP contribution in [0, 0.1) is 0 Å². The molecule has 2 rings (SSSR count). The van der Waals surface area contributed by atoms with E-state index in [9.17, 15) is 18.0 Å². The van der Waals surface area contributed by atoms with Gasteiger partial charge in [0.1, 0.15) is 5.75 Å². The van der Waals surface area contributed by atoms with Gasteiger partial charge < -0.3 is 15.8 Å². The predicted octanol–water partition coefficient (Wildman–Crippen LogP) is 2.51. The van der Waals surface area contributed by atoms with Crippen molar-refractivity contribution in [1.82, 2.24) is 5.32 Å². The van der Waals surface area contributed by atoms with E-state index in [0.29, 0.717) is 5.56 Å². The molecular weight excluding hydrogens is 297 g/mol. The Labute approximate surface area is 126 Å². The standard InChI is InChI=1S/C15H19F3N2O2/c16-15(17,18)22-13-7-1-10(2-8-13)9-14(21)20-12-5-3-11(19)4-6-12/h1-2,7-8,11-12H,3-6,9,19H2,(H,20,21). The maximum atomic E-state index is 12.0. The van der Waals surface area contributed by atoms with Crippen molar-refractivity contribution in [2.75, 3.05) is 0 Å². The van der Waals surface area contributed by atoms with E-state index in [1.807, 2.05) is 0 Å². The van der Waals surface area contributed by atoms with E-state index in [0.717, 1.165) is 25.7 Å². The summed E-state index contributed by atoms with van der Waals surface area (Å²) in [5.74, 6) is -0.428. The van der Waals surface area contributed by atoms with Gasteiger partial charge in [-0.25, -0.2) is 0 Å². The first-order valence-corrected chi connectivity index (χ1v) is 7.21. The molecule has 1 aliphatic rings. The maximum absolute atomic E-state index is 12.0. The monoisotopic (exact) mass is 316 g/mol. The molecule has 0 saturated heterocycles. The summed E-state index contributed by atoms with van der Waals surface area (Å²) in [7, 11) is 0. The lowest BCUT2D eigenvalue weighted by molar-refractivity contribution is -0.274. The number of rotatable bonds is 4. The number of hydrogen-bond acceptors (Lipinski definition) is 3. The highest BCUT2D eigenvalue weighted by Gasteiger charge is 2.31. The van der Waals surface area contributed by atoms with Gasteiger partial charge in [0, 0.05) is 12.1 Å². The molecule has 0 unspecified atom stereocenters. The zero-order chi connectivity index (χ0) is 16.2. The Morgan fingerprint density at radius 3 is 2.32 bits per heavy atom. The van der Waals surface area contributed by atoms with Crippen molar-refractivity contribution in [3.05, 3.63) is 29.8 Å². The summed E-state index contributed by atoms with van der Waals surface area (Å²) in [5, 5.41) is 2.94. The van der Waals surface area contributed by atoms with E-state index in [-0.39, 0.29) is 30.2 Å². The fraction of sp³-hybridized carbons (Fsp3) is 0.533. The minimum Gasteiger partial charge on any atom is -0.406 e. The van der Waals surface area contributed by atoms with Gasteiger partial charge in [-0.2, -0.15) is 0 Å². The number of halogens is 3. The van der Waals surface area contributed by atoms with Gasteiger partial charge >= 0.3 is 6.36 Å². The molecule has 22 heavy (non-hydrogen) atoms. The van der Waals surface area contributed by atoms with E-state index >= 15 is 0 Å². The molecule has 4 nitrogen and oxygen atoms in total. The van der Waals surface area contributed by atoms with Crippen molar-refractivity contribution in [3.63, 3.8) is 0 Å². The van der Waals surface area contributed by atoms with Crippen LogP contribution >= 0.6 is 0 Å². The smallest absolute Gasteiger partial charge is 0.406 e. The summed E-state index contributed by atoms with van der Waals surface area (Å²) in [6, 6.07) is 5.68. The molecule has 1 aliphatic carbocycles. The lowest BCUT2D eigenvalue weighted by Crippen LogP contribution is -2.41.